The van der Waals surface area contributed by atoms with E-state index in [4.69, 9.17) is 5.21 Å². The standard InChI is InChI=1S/C22H23N5O2/c28-21(26-29)19-7-6-17-9-12-27(13-10-18(17)14-19)20-8-11-23-22(25-20)24-15-16-4-2-1-3-5-16/h1-8,11,14,29H,9-10,12-13,15H2,(H,26,28)(H,23,24,25). The number of fused-ring (bicyclic) bond motifs is 1. The van der Waals surface area contributed by atoms with E-state index >= 15 is 0 Å². The lowest BCUT2D eigenvalue weighted by Gasteiger charge is -2.21. The number of hydroxylamine groups is 1. The van der Waals surface area contributed by atoms with Crippen LogP contribution in [-0.2, 0) is 19.4 Å². The molecule has 3 N–H and O–H groups in total. The van der Waals surface area contributed by atoms with E-state index in [0.29, 0.717) is 18.1 Å². The molecule has 1 aromatic heterocycles. The van der Waals surface area contributed by atoms with Gasteiger partial charge in [0.2, 0.25) is 5.95 Å². The van der Waals surface area contributed by atoms with E-state index in [9.17, 15) is 4.79 Å². The van der Waals surface area contributed by atoms with Crippen molar-refractivity contribution < 1.29 is 10.0 Å². The van der Waals surface area contributed by atoms with E-state index in [1.54, 1.807) is 17.7 Å². The van der Waals surface area contributed by atoms with Gasteiger partial charge in [0.15, 0.2) is 0 Å². The third-order valence-corrected chi connectivity index (χ3v) is 5.13. The first-order chi connectivity index (χ1) is 14.2. The van der Waals surface area contributed by atoms with Crippen LogP contribution in [0.15, 0.2) is 60.8 Å². The molecule has 7 nitrogen and oxygen atoms in total. The molecule has 0 saturated carbocycles. The van der Waals surface area contributed by atoms with E-state index in [0.717, 1.165) is 37.3 Å². The van der Waals surface area contributed by atoms with Crippen LogP contribution in [0.25, 0.3) is 0 Å². The van der Waals surface area contributed by atoms with Gasteiger partial charge in [0.05, 0.1) is 0 Å². The molecule has 7 heteroatoms. The largest absolute Gasteiger partial charge is 0.356 e. The van der Waals surface area contributed by atoms with Crippen LogP contribution in [-0.4, -0.2) is 34.2 Å². The zero-order chi connectivity index (χ0) is 20.1. The minimum Gasteiger partial charge on any atom is -0.356 e. The van der Waals surface area contributed by atoms with Crippen molar-refractivity contribution in [2.24, 2.45) is 0 Å². The Hall–Kier alpha value is -3.45. The minimum atomic E-state index is -0.487. The van der Waals surface area contributed by atoms with Crippen LogP contribution in [0.2, 0.25) is 0 Å². The van der Waals surface area contributed by atoms with Crippen molar-refractivity contribution in [2.45, 2.75) is 19.4 Å². The van der Waals surface area contributed by atoms with E-state index in [2.05, 4.69) is 32.3 Å². The van der Waals surface area contributed by atoms with Crippen LogP contribution in [0.5, 0.6) is 0 Å². The fraction of sp³-hybridized carbons (Fsp3) is 0.227. The summed E-state index contributed by atoms with van der Waals surface area (Å²) in [5.41, 5.74) is 5.69. The van der Waals surface area contributed by atoms with Gasteiger partial charge in [-0.2, -0.15) is 4.98 Å². The maximum Gasteiger partial charge on any atom is 0.274 e. The molecule has 4 rings (SSSR count). The fourth-order valence-electron chi connectivity index (χ4n) is 3.55. The summed E-state index contributed by atoms with van der Waals surface area (Å²) in [6, 6.07) is 17.6. The first-order valence-corrected chi connectivity index (χ1v) is 9.65. The Labute approximate surface area is 169 Å². The second-order valence-electron chi connectivity index (χ2n) is 6.99. The highest BCUT2D eigenvalue weighted by Crippen LogP contribution is 2.21. The number of nitrogens with one attached hydrogen (secondary N) is 2. The van der Waals surface area contributed by atoms with Crippen LogP contribution in [0.1, 0.15) is 27.0 Å². The van der Waals surface area contributed by atoms with E-state index in [1.807, 2.05) is 36.4 Å². The number of nitrogens with zero attached hydrogens (tertiary/aromatic N) is 3. The van der Waals surface area contributed by atoms with Crippen molar-refractivity contribution in [1.82, 2.24) is 15.4 Å². The molecule has 0 atom stereocenters. The topological polar surface area (TPSA) is 90.4 Å². The predicted octanol–water partition coefficient (Wildman–Crippen LogP) is 2.81. The minimum absolute atomic E-state index is 0.467. The molecule has 1 aliphatic heterocycles. The summed E-state index contributed by atoms with van der Waals surface area (Å²) >= 11 is 0. The lowest BCUT2D eigenvalue weighted by atomic mass is 10.00. The highest BCUT2D eigenvalue weighted by Gasteiger charge is 2.17. The molecule has 1 amide bonds. The lowest BCUT2D eigenvalue weighted by molar-refractivity contribution is 0.0706. The Bertz CT molecular complexity index is 994. The van der Waals surface area contributed by atoms with Gasteiger partial charge in [-0.3, -0.25) is 10.0 Å². The summed E-state index contributed by atoms with van der Waals surface area (Å²) in [4.78, 5) is 22.9. The number of hydrogen-bond acceptors (Lipinski definition) is 6. The highest BCUT2D eigenvalue weighted by molar-refractivity contribution is 5.93. The third-order valence-electron chi connectivity index (χ3n) is 5.13. The van der Waals surface area contributed by atoms with Crippen LogP contribution >= 0.6 is 0 Å². The number of rotatable bonds is 5. The van der Waals surface area contributed by atoms with Gasteiger partial charge >= 0.3 is 0 Å². The lowest BCUT2D eigenvalue weighted by Crippen LogP contribution is -2.27. The van der Waals surface area contributed by atoms with E-state index < -0.39 is 5.91 Å². The number of anilines is 2. The summed E-state index contributed by atoms with van der Waals surface area (Å²) in [6.45, 7) is 2.31. The first kappa shape index (κ1) is 18.9. The number of carbonyl (C=O) groups is 1. The predicted molar refractivity (Wildman–Crippen MR) is 111 cm³/mol. The number of aromatic nitrogens is 2. The summed E-state index contributed by atoms with van der Waals surface area (Å²) in [7, 11) is 0. The van der Waals surface area contributed by atoms with Crippen LogP contribution < -0.4 is 15.7 Å². The molecule has 2 aromatic carbocycles. The summed E-state index contributed by atoms with van der Waals surface area (Å²) in [5.74, 6) is 1.01. The van der Waals surface area contributed by atoms with Crippen molar-refractivity contribution >= 4 is 17.7 Å². The van der Waals surface area contributed by atoms with Gasteiger partial charge in [0.1, 0.15) is 5.82 Å². The van der Waals surface area contributed by atoms with Gasteiger partial charge < -0.3 is 10.2 Å². The molecule has 2 heterocycles. The molecule has 0 fully saturated rings. The molecule has 1 aliphatic rings. The number of hydrogen-bond donors (Lipinski definition) is 3. The normalized spacial score (nSPS) is 13.3. The summed E-state index contributed by atoms with van der Waals surface area (Å²) in [6.07, 6.45) is 3.45. The van der Waals surface area contributed by atoms with Gasteiger partial charge in [-0.05, 0) is 47.7 Å². The van der Waals surface area contributed by atoms with Gasteiger partial charge in [-0.15, -0.1) is 0 Å². The Balaban J connectivity index is 1.44. The monoisotopic (exact) mass is 389 g/mol. The number of amides is 1. The number of carbonyl (C=O) groups excluding carboxylic acids is 1. The van der Waals surface area contributed by atoms with E-state index in [-0.39, 0.29) is 0 Å². The first-order valence-electron chi connectivity index (χ1n) is 9.65. The van der Waals surface area contributed by atoms with Gasteiger partial charge in [-0.25, -0.2) is 10.5 Å². The maximum absolute atomic E-state index is 11.7. The van der Waals surface area contributed by atoms with E-state index in [1.165, 1.54) is 11.1 Å². The van der Waals surface area contributed by atoms with Crippen molar-refractivity contribution in [3.8, 4) is 0 Å². The second kappa shape index (κ2) is 8.70. The second-order valence-corrected chi connectivity index (χ2v) is 6.99. The van der Waals surface area contributed by atoms with Crippen molar-refractivity contribution in [3.05, 3.63) is 83.0 Å². The highest BCUT2D eigenvalue weighted by atomic mass is 16.5. The van der Waals surface area contributed by atoms with Crippen molar-refractivity contribution in [1.29, 1.82) is 0 Å². The fourth-order valence-corrected chi connectivity index (χ4v) is 3.55. The molecule has 148 valence electrons. The molecule has 0 radical (unpaired) electrons. The molecular weight excluding hydrogens is 366 g/mol. The molecule has 0 unspecified atom stereocenters. The zero-order valence-electron chi connectivity index (χ0n) is 16.0. The Kier molecular flexibility index (Phi) is 5.67. The molecule has 0 bridgehead atoms. The smallest absolute Gasteiger partial charge is 0.274 e. The molecule has 0 spiro atoms. The molecule has 0 aliphatic carbocycles. The Morgan fingerprint density at radius 1 is 1.03 bits per heavy atom. The number of benzene rings is 2. The van der Waals surface area contributed by atoms with Gasteiger partial charge in [-0.1, -0.05) is 36.4 Å². The molecule has 29 heavy (non-hydrogen) atoms. The summed E-state index contributed by atoms with van der Waals surface area (Å²) in [5, 5.41) is 12.1. The van der Waals surface area contributed by atoms with Crippen LogP contribution in [0.4, 0.5) is 11.8 Å². The van der Waals surface area contributed by atoms with Crippen molar-refractivity contribution in [2.75, 3.05) is 23.3 Å². The maximum atomic E-state index is 11.7. The molecular formula is C22H23N5O2. The molecule has 3 aromatic rings. The van der Waals surface area contributed by atoms with Gasteiger partial charge in [0, 0.05) is 31.4 Å². The Morgan fingerprint density at radius 3 is 2.62 bits per heavy atom. The third kappa shape index (κ3) is 4.52. The van der Waals surface area contributed by atoms with Crippen LogP contribution in [0.3, 0.4) is 0 Å². The molecule has 0 saturated heterocycles. The Morgan fingerprint density at radius 2 is 1.83 bits per heavy atom. The van der Waals surface area contributed by atoms with Gasteiger partial charge in [0.25, 0.3) is 5.91 Å². The average molecular weight is 389 g/mol. The quantitative estimate of drug-likeness (QED) is 0.459. The SMILES string of the molecule is O=C(NO)c1ccc2c(c1)CCN(c1ccnc(NCc3ccccc3)n1)CC2. The summed E-state index contributed by atoms with van der Waals surface area (Å²) < 4.78 is 0. The van der Waals surface area contributed by atoms with Crippen LogP contribution in [0, 0.1) is 0 Å². The zero-order valence-corrected chi connectivity index (χ0v) is 16.0. The average Bonchev–Trinajstić information content (AvgIpc) is 3.00. The van der Waals surface area contributed by atoms with Crippen molar-refractivity contribution in [3.63, 3.8) is 0 Å².